The minimum absolute atomic E-state index is 0.0664. The van der Waals surface area contributed by atoms with Crippen LogP contribution in [0.25, 0.3) is 0 Å². The molecule has 0 amide bonds. The average molecular weight is 295 g/mol. The van der Waals surface area contributed by atoms with Gasteiger partial charge in [0.25, 0.3) is 0 Å². The summed E-state index contributed by atoms with van der Waals surface area (Å²) in [7, 11) is 0. The molecule has 0 aromatic heterocycles. The summed E-state index contributed by atoms with van der Waals surface area (Å²) < 4.78 is 44.4. The summed E-state index contributed by atoms with van der Waals surface area (Å²) in [5.74, 6) is 0.575. The second kappa shape index (κ2) is 5.68. The zero-order valence-electron chi connectivity index (χ0n) is 11.8. The van der Waals surface area contributed by atoms with Crippen molar-refractivity contribution in [1.29, 1.82) is 0 Å². The molecular weight excluding hydrogens is 279 g/mol. The van der Waals surface area contributed by atoms with Crippen LogP contribution < -0.4 is 10.5 Å². The summed E-state index contributed by atoms with van der Waals surface area (Å²) in [5.41, 5.74) is 6.78. The van der Waals surface area contributed by atoms with Crippen LogP contribution in [0.3, 0.4) is 0 Å². The Balaban J connectivity index is 2.24. The Morgan fingerprint density at radius 1 is 1.05 bits per heavy atom. The van der Waals surface area contributed by atoms with Gasteiger partial charge < -0.3 is 10.5 Å². The quantitative estimate of drug-likeness (QED) is 0.847. The molecule has 0 aliphatic rings. The predicted octanol–water partition coefficient (Wildman–Crippen LogP) is 4.48. The molecular formula is C16H16F3NO. The first-order valence-corrected chi connectivity index (χ1v) is 6.43. The van der Waals surface area contributed by atoms with Crippen LogP contribution in [-0.4, -0.2) is 0 Å². The van der Waals surface area contributed by atoms with Crippen molar-refractivity contribution < 1.29 is 17.9 Å². The van der Waals surface area contributed by atoms with Gasteiger partial charge in [-0.2, -0.15) is 13.2 Å². The first-order chi connectivity index (χ1) is 9.77. The number of halogens is 3. The monoisotopic (exact) mass is 295 g/mol. The lowest BCUT2D eigenvalue weighted by atomic mass is 10.1. The highest BCUT2D eigenvalue weighted by atomic mass is 19.4. The summed E-state index contributed by atoms with van der Waals surface area (Å²) >= 11 is 0. The maximum absolute atomic E-state index is 13.0. The van der Waals surface area contributed by atoms with Crippen LogP contribution in [0.2, 0.25) is 0 Å². The highest BCUT2D eigenvalue weighted by Gasteiger charge is 2.33. The number of anilines is 1. The Bertz CT molecular complexity index is 650. The van der Waals surface area contributed by atoms with E-state index in [2.05, 4.69) is 0 Å². The van der Waals surface area contributed by atoms with Crippen molar-refractivity contribution in [3.05, 3.63) is 58.7 Å². The van der Waals surface area contributed by atoms with Crippen LogP contribution in [0.5, 0.6) is 5.75 Å². The number of hydrogen-bond acceptors (Lipinski definition) is 2. The van der Waals surface area contributed by atoms with Gasteiger partial charge in [-0.15, -0.1) is 0 Å². The third kappa shape index (κ3) is 3.68. The van der Waals surface area contributed by atoms with E-state index in [-0.39, 0.29) is 17.9 Å². The van der Waals surface area contributed by atoms with E-state index in [1.54, 1.807) is 6.07 Å². The van der Waals surface area contributed by atoms with E-state index in [4.69, 9.17) is 10.5 Å². The molecule has 112 valence electrons. The van der Waals surface area contributed by atoms with Crippen molar-refractivity contribution in [2.75, 3.05) is 5.73 Å². The van der Waals surface area contributed by atoms with Crippen LogP contribution >= 0.6 is 0 Å². The van der Waals surface area contributed by atoms with E-state index in [0.29, 0.717) is 5.75 Å². The molecule has 0 fully saturated rings. The summed E-state index contributed by atoms with van der Waals surface area (Å²) in [6, 6.07) is 9.26. The fourth-order valence-corrected chi connectivity index (χ4v) is 2.10. The lowest BCUT2D eigenvalue weighted by Gasteiger charge is -2.15. The van der Waals surface area contributed by atoms with E-state index in [1.807, 2.05) is 26.0 Å². The van der Waals surface area contributed by atoms with Crippen LogP contribution in [0.4, 0.5) is 18.9 Å². The summed E-state index contributed by atoms with van der Waals surface area (Å²) in [5, 5.41) is 0. The van der Waals surface area contributed by atoms with Crippen molar-refractivity contribution in [3.63, 3.8) is 0 Å². The van der Waals surface area contributed by atoms with Crippen LogP contribution in [-0.2, 0) is 12.8 Å². The van der Waals surface area contributed by atoms with Crippen molar-refractivity contribution in [2.24, 2.45) is 0 Å². The number of alkyl halides is 3. The van der Waals surface area contributed by atoms with Crippen molar-refractivity contribution in [3.8, 4) is 5.75 Å². The third-order valence-corrected chi connectivity index (χ3v) is 3.15. The zero-order chi connectivity index (χ0) is 15.6. The Hall–Kier alpha value is -2.17. The van der Waals surface area contributed by atoms with E-state index < -0.39 is 11.7 Å². The van der Waals surface area contributed by atoms with E-state index >= 15 is 0 Å². The molecule has 0 saturated heterocycles. The lowest BCUT2D eigenvalue weighted by Crippen LogP contribution is -2.12. The normalized spacial score (nSPS) is 11.5. The second-order valence-corrected chi connectivity index (χ2v) is 4.97. The maximum atomic E-state index is 13.0. The fraction of sp³-hybridized carbons (Fsp3) is 0.250. The molecule has 2 aromatic carbocycles. The molecule has 0 bridgehead atoms. The number of rotatable bonds is 3. The largest absolute Gasteiger partial charge is 0.489 e. The van der Waals surface area contributed by atoms with E-state index in [9.17, 15) is 13.2 Å². The molecule has 0 atom stereocenters. The lowest BCUT2D eigenvalue weighted by molar-refractivity contribution is -0.138. The topological polar surface area (TPSA) is 35.2 Å². The van der Waals surface area contributed by atoms with Gasteiger partial charge in [0.1, 0.15) is 12.4 Å². The molecule has 2 aromatic rings. The number of aryl methyl sites for hydroxylation is 2. The van der Waals surface area contributed by atoms with Gasteiger partial charge in [0.2, 0.25) is 0 Å². The summed E-state index contributed by atoms with van der Waals surface area (Å²) in [4.78, 5) is 0. The highest BCUT2D eigenvalue weighted by molar-refractivity contribution is 5.46. The van der Waals surface area contributed by atoms with Gasteiger partial charge in [-0.25, -0.2) is 0 Å². The Labute approximate surface area is 121 Å². The van der Waals surface area contributed by atoms with Crippen LogP contribution in [0.15, 0.2) is 36.4 Å². The standard InChI is InChI=1S/C16H16F3NO/c1-10-3-6-15(11(2)7-10)21-9-12-4-5-13(20)8-14(12)16(17,18)19/h3-8H,9,20H2,1-2H3. The SMILES string of the molecule is Cc1ccc(OCc2ccc(N)cc2C(F)(F)F)c(C)c1. The average Bonchev–Trinajstić information content (AvgIpc) is 2.38. The minimum atomic E-state index is -4.45. The van der Waals surface area contributed by atoms with Gasteiger partial charge in [0.05, 0.1) is 5.56 Å². The minimum Gasteiger partial charge on any atom is -0.489 e. The van der Waals surface area contributed by atoms with Crippen molar-refractivity contribution in [2.45, 2.75) is 26.6 Å². The fourth-order valence-electron chi connectivity index (χ4n) is 2.10. The maximum Gasteiger partial charge on any atom is 0.416 e. The molecule has 0 saturated carbocycles. The molecule has 2 nitrogen and oxygen atoms in total. The molecule has 5 heteroatoms. The smallest absolute Gasteiger partial charge is 0.416 e. The van der Waals surface area contributed by atoms with Gasteiger partial charge in [-0.05, 0) is 37.6 Å². The van der Waals surface area contributed by atoms with Gasteiger partial charge in [-0.3, -0.25) is 0 Å². The number of ether oxygens (including phenoxy) is 1. The highest BCUT2D eigenvalue weighted by Crippen LogP contribution is 2.34. The van der Waals surface area contributed by atoms with Gasteiger partial charge in [0, 0.05) is 11.3 Å². The molecule has 2 rings (SSSR count). The molecule has 0 aliphatic carbocycles. The first kappa shape index (κ1) is 15.2. The molecule has 2 N–H and O–H groups in total. The second-order valence-electron chi connectivity index (χ2n) is 4.97. The van der Waals surface area contributed by atoms with Crippen molar-refractivity contribution >= 4 is 5.69 Å². The molecule has 0 radical (unpaired) electrons. The van der Waals surface area contributed by atoms with E-state index in [1.165, 1.54) is 12.1 Å². The zero-order valence-corrected chi connectivity index (χ0v) is 11.8. The van der Waals surface area contributed by atoms with Crippen LogP contribution in [0.1, 0.15) is 22.3 Å². The number of hydrogen-bond donors (Lipinski definition) is 1. The van der Waals surface area contributed by atoms with Crippen molar-refractivity contribution in [1.82, 2.24) is 0 Å². The Morgan fingerprint density at radius 3 is 2.38 bits per heavy atom. The van der Waals surface area contributed by atoms with E-state index in [0.717, 1.165) is 17.2 Å². The first-order valence-electron chi connectivity index (χ1n) is 6.43. The molecule has 0 unspecified atom stereocenters. The number of nitrogens with two attached hydrogens (primary N) is 1. The third-order valence-electron chi connectivity index (χ3n) is 3.15. The Kier molecular flexibility index (Phi) is 4.11. The Morgan fingerprint density at radius 2 is 1.76 bits per heavy atom. The summed E-state index contributed by atoms with van der Waals surface area (Å²) in [6.07, 6.45) is -4.45. The number of nitrogen functional groups attached to an aromatic ring is 1. The molecule has 0 spiro atoms. The van der Waals surface area contributed by atoms with Gasteiger partial charge in [0.15, 0.2) is 0 Å². The predicted molar refractivity (Wildman–Crippen MR) is 76.1 cm³/mol. The van der Waals surface area contributed by atoms with Gasteiger partial charge in [-0.1, -0.05) is 23.8 Å². The molecule has 21 heavy (non-hydrogen) atoms. The summed E-state index contributed by atoms with van der Waals surface area (Å²) in [6.45, 7) is 3.65. The molecule has 0 aliphatic heterocycles. The van der Waals surface area contributed by atoms with Gasteiger partial charge >= 0.3 is 6.18 Å². The number of benzene rings is 2. The van der Waals surface area contributed by atoms with Crippen LogP contribution in [0, 0.1) is 13.8 Å². The molecule has 0 heterocycles.